The molecule has 1 aromatic carbocycles. The Bertz CT molecular complexity index is 440. The van der Waals surface area contributed by atoms with Crippen molar-refractivity contribution in [1.29, 1.82) is 0 Å². The highest BCUT2D eigenvalue weighted by molar-refractivity contribution is 5.45. The average Bonchev–Trinajstić information content (AvgIpc) is 2.51. The number of rotatable bonds is 7. The van der Waals surface area contributed by atoms with Gasteiger partial charge >= 0.3 is 0 Å². The number of nitrogens with one attached hydrogen (secondary N) is 1. The Balaban J connectivity index is 1.82. The summed E-state index contributed by atoms with van der Waals surface area (Å²) < 4.78 is 11.1. The monoisotopic (exact) mass is 294 g/mol. The number of likely N-dealkylation sites (N-methyl/N-ethyl adjacent to an activating group) is 1. The second-order valence-electron chi connectivity index (χ2n) is 5.21. The van der Waals surface area contributed by atoms with Crippen molar-refractivity contribution in [2.45, 2.75) is 26.5 Å². The molecule has 0 bridgehead atoms. The molecule has 0 saturated carbocycles. The van der Waals surface area contributed by atoms with E-state index in [9.17, 15) is 5.11 Å². The predicted octanol–water partition coefficient (Wildman–Crippen LogP) is 1.60. The highest BCUT2D eigenvalue weighted by atomic mass is 16.5. The van der Waals surface area contributed by atoms with E-state index in [0.717, 1.165) is 38.3 Å². The van der Waals surface area contributed by atoms with Gasteiger partial charge in [0.15, 0.2) is 11.5 Å². The minimum absolute atomic E-state index is 0.218. The zero-order valence-corrected chi connectivity index (χ0v) is 13.0. The Morgan fingerprint density at radius 2 is 2.29 bits per heavy atom. The number of ether oxygens (including phenoxy) is 2. The summed E-state index contributed by atoms with van der Waals surface area (Å²) in [4.78, 5) is 2.39. The molecule has 1 aliphatic heterocycles. The molecule has 1 aromatic rings. The minimum atomic E-state index is 0.218. The molecular weight excluding hydrogens is 268 g/mol. The van der Waals surface area contributed by atoms with Crippen LogP contribution in [-0.4, -0.2) is 55.5 Å². The summed E-state index contributed by atoms with van der Waals surface area (Å²) in [6.07, 6.45) is 0.218. The number of para-hydroxylation sites is 1. The standard InChI is InChI=1S/C16H26N2O3/c1-3-18-8-9-21-14(12-18)11-17-10-13-6-5-7-15(16(13)19)20-4-2/h5-7,14,17,19H,3-4,8-12H2,1-2H3. The van der Waals surface area contributed by atoms with Crippen LogP contribution in [0.5, 0.6) is 11.5 Å². The highest BCUT2D eigenvalue weighted by Gasteiger charge is 2.18. The van der Waals surface area contributed by atoms with Crippen molar-refractivity contribution >= 4 is 0 Å². The molecule has 118 valence electrons. The summed E-state index contributed by atoms with van der Waals surface area (Å²) in [7, 11) is 0. The van der Waals surface area contributed by atoms with Crippen LogP contribution in [0.3, 0.4) is 0 Å². The van der Waals surface area contributed by atoms with Crippen LogP contribution in [-0.2, 0) is 11.3 Å². The van der Waals surface area contributed by atoms with E-state index in [4.69, 9.17) is 9.47 Å². The maximum Gasteiger partial charge on any atom is 0.162 e. The van der Waals surface area contributed by atoms with E-state index in [1.807, 2.05) is 19.1 Å². The molecule has 1 unspecified atom stereocenters. The van der Waals surface area contributed by atoms with Crippen molar-refractivity contribution in [2.75, 3.05) is 39.4 Å². The van der Waals surface area contributed by atoms with E-state index in [1.165, 1.54) is 0 Å². The first-order valence-corrected chi connectivity index (χ1v) is 7.72. The smallest absolute Gasteiger partial charge is 0.162 e. The number of morpholine rings is 1. The number of nitrogens with zero attached hydrogens (tertiary/aromatic N) is 1. The fourth-order valence-corrected chi connectivity index (χ4v) is 2.54. The Kier molecular flexibility index (Phi) is 6.29. The van der Waals surface area contributed by atoms with Gasteiger partial charge in [-0.1, -0.05) is 19.1 Å². The Morgan fingerprint density at radius 1 is 1.43 bits per heavy atom. The van der Waals surface area contributed by atoms with Crippen molar-refractivity contribution < 1.29 is 14.6 Å². The Morgan fingerprint density at radius 3 is 3.05 bits per heavy atom. The second kappa shape index (κ2) is 8.22. The van der Waals surface area contributed by atoms with Crippen molar-refractivity contribution in [3.05, 3.63) is 23.8 Å². The molecule has 5 heteroatoms. The fourth-order valence-electron chi connectivity index (χ4n) is 2.54. The lowest BCUT2D eigenvalue weighted by Crippen LogP contribution is -2.46. The van der Waals surface area contributed by atoms with Gasteiger partial charge < -0.3 is 19.9 Å². The summed E-state index contributed by atoms with van der Waals surface area (Å²) in [6, 6.07) is 5.59. The van der Waals surface area contributed by atoms with Gasteiger partial charge in [0.05, 0.1) is 19.3 Å². The number of hydrogen-bond acceptors (Lipinski definition) is 5. The van der Waals surface area contributed by atoms with E-state index < -0.39 is 0 Å². The van der Waals surface area contributed by atoms with Crippen LogP contribution in [0.2, 0.25) is 0 Å². The predicted molar refractivity (Wildman–Crippen MR) is 82.8 cm³/mol. The van der Waals surface area contributed by atoms with Gasteiger partial charge in [-0.05, 0) is 19.5 Å². The topological polar surface area (TPSA) is 54.0 Å². The molecule has 1 fully saturated rings. The molecule has 0 amide bonds. The first kappa shape index (κ1) is 16.1. The molecule has 0 aliphatic carbocycles. The van der Waals surface area contributed by atoms with Crippen LogP contribution in [0.1, 0.15) is 19.4 Å². The molecule has 1 aliphatic rings. The third kappa shape index (κ3) is 4.59. The zero-order valence-electron chi connectivity index (χ0n) is 13.0. The number of aromatic hydroxyl groups is 1. The molecule has 0 radical (unpaired) electrons. The zero-order chi connectivity index (χ0) is 15.1. The van der Waals surface area contributed by atoms with E-state index in [1.54, 1.807) is 6.07 Å². The van der Waals surface area contributed by atoms with Gasteiger partial charge in [0, 0.05) is 31.7 Å². The molecule has 0 spiro atoms. The molecule has 2 N–H and O–H groups in total. The van der Waals surface area contributed by atoms with Gasteiger partial charge in [0.2, 0.25) is 0 Å². The number of hydrogen-bond donors (Lipinski definition) is 2. The van der Waals surface area contributed by atoms with Gasteiger partial charge in [-0.15, -0.1) is 0 Å². The summed E-state index contributed by atoms with van der Waals surface area (Å²) in [5, 5.41) is 13.5. The van der Waals surface area contributed by atoms with E-state index in [-0.39, 0.29) is 11.9 Å². The largest absolute Gasteiger partial charge is 0.504 e. The summed E-state index contributed by atoms with van der Waals surface area (Å²) in [6.45, 7) is 9.87. The Labute approximate surface area is 126 Å². The lowest BCUT2D eigenvalue weighted by Gasteiger charge is -2.32. The van der Waals surface area contributed by atoms with Gasteiger partial charge in [0.25, 0.3) is 0 Å². The van der Waals surface area contributed by atoms with Crippen molar-refractivity contribution in [1.82, 2.24) is 10.2 Å². The number of phenolic OH excluding ortho intramolecular Hbond substituents is 1. The molecule has 0 aromatic heterocycles. The minimum Gasteiger partial charge on any atom is -0.504 e. The molecule has 1 heterocycles. The second-order valence-corrected chi connectivity index (χ2v) is 5.21. The summed E-state index contributed by atoms with van der Waals surface area (Å²) >= 11 is 0. The first-order chi connectivity index (χ1) is 10.2. The van der Waals surface area contributed by atoms with Crippen molar-refractivity contribution in [3.8, 4) is 11.5 Å². The Hall–Kier alpha value is -1.30. The van der Waals surface area contributed by atoms with Crippen LogP contribution < -0.4 is 10.1 Å². The molecule has 5 nitrogen and oxygen atoms in total. The van der Waals surface area contributed by atoms with Gasteiger partial charge in [-0.3, -0.25) is 4.90 Å². The maximum absolute atomic E-state index is 10.1. The molecule has 1 saturated heterocycles. The van der Waals surface area contributed by atoms with E-state index >= 15 is 0 Å². The molecule has 2 rings (SSSR count). The lowest BCUT2D eigenvalue weighted by atomic mass is 10.1. The van der Waals surface area contributed by atoms with Crippen molar-refractivity contribution in [2.24, 2.45) is 0 Å². The van der Waals surface area contributed by atoms with E-state index in [0.29, 0.717) is 18.9 Å². The number of phenols is 1. The van der Waals surface area contributed by atoms with Crippen LogP contribution in [0.4, 0.5) is 0 Å². The third-order valence-corrected chi connectivity index (χ3v) is 3.74. The molecular formula is C16H26N2O3. The van der Waals surface area contributed by atoms with Gasteiger partial charge in [-0.25, -0.2) is 0 Å². The van der Waals surface area contributed by atoms with Crippen LogP contribution in [0.15, 0.2) is 18.2 Å². The van der Waals surface area contributed by atoms with Crippen LogP contribution in [0, 0.1) is 0 Å². The lowest BCUT2D eigenvalue weighted by molar-refractivity contribution is -0.0253. The summed E-state index contributed by atoms with van der Waals surface area (Å²) in [5.74, 6) is 0.773. The number of benzene rings is 1. The van der Waals surface area contributed by atoms with Crippen LogP contribution >= 0.6 is 0 Å². The SMILES string of the molecule is CCOc1cccc(CNCC2CN(CC)CCO2)c1O. The van der Waals surface area contributed by atoms with Gasteiger partial charge in [0.1, 0.15) is 0 Å². The normalized spacial score (nSPS) is 19.6. The quantitative estimate of drug-likeness (QED) is 0.800. The molecule has 21 heavy (non-hydrogen) atoms. The first-order valence-electron chi connectivity index (χ1n) is 7.72. The average molecular weight is 294 g/mol. The maximum atomic E-state index is 10.1. The molecule has 1 atom stereocenters. The highest BCUT2D eigenvalue weighted by Crippen LogP contribution is 2.29. The van der Waals surface area contributed by atoms with Crippen LogP contribution in [0.25, 0.3) is 0 Å². The third-order valence-electron chi connectivity index (χ3n) is 3.74. The van der Waals surface area contributed by atoms with Crippen molar-refractivity contribution in [3.63, 3.8) is 0 Å². The fraction of sp³-hybridized carbons (Fsp3) is 0.625. The van der Waals surface area contributed by atoms with Gasteiger partial charge in [-0.2, -0.15) is 0 Å². The van der Waals surface area contributed by atoms with E-state index in [2.05, 4.69) is 17.1 Å². The summed E-state index contributed by atoms with van der Waals surface area (Å²) in [5.41, 5.74) is 0.851.